The Kier molecular flexibility index (Phi) is 4.94. The second-order valence-electron chi connectivity index (χ2n) is 4.41. The molecule has 1 rings (SSSR count). The van der Waals surface area contributed by atoms with E-state index in [1.54, 1.807) is 6.92 Å². The van der Waals surface area contributed by atoms with Gasteiger partial charge in [-0.3, -0.25) is 4.79 Å². The average Bonchev–Trinajstić information content (AvgIpc) is 2.35. The van der Waals surface area contributed by atoms with Crippen molar-refractivity contribution in [1.29, 1.82) is 0 Å². The zero-order valence-electron chi connectivity index (χ0n) is 10.4. The number of carboxylic acid groups (broad SMARTS) is 1. The average molecular weight is 257 g/mol. The Hall–Kier alpha value is -1.79. The van der Waals surface area contributed by atoms with Gasteiger partial charge < -0.3 is 21.1 Å². The van der Waals surface area contributed by atoms with Gasteiger partial charge in [0, 0.05) is 19.0 Å². The highest BCUT2D eigenvalue weighted by Crippen LogP contribution is 2.16. The lowest BCUT2D eigenvalue weighted by Gasteiger charge is -2.31. The fourth-order valence-electron chi connectivity index (χ4n) is 1.95. The van der Waals surface area contributed by atoms with Crippen molar-refractivity contribution in [3.63, 3.8) is 0 Å². The third-order valence-corrected chi connectivity index (χ3v) is 3.19. The third-order valence-electron chi connectivity index (χ3n) is 3.19. The van der Waals surface area contributed by atoms with Gasteiger partial charge in [0.15, 0.2) is 0 Å². The quantitative estimate of drug-likeness (QED) is 0.644. The molecular weight excluding hydrogens is 238 g/mol. The van der Waals surface area contributed by atoms with E-state index in [0.29, 0.717) is 32.4 Å². The number of rotatable bonds is 4. The van der Waals surface area contributed by atoms with Crippen LogP contribution in [0.3, 0.4) is 0 Å². The second kappa shape index (κ2) is 6.23. The first-order valence-corrected chi connectivity index (χ1v) is 6.03. The van der Waals surface area contributed by atoms with E-state index in [1.807, 2.05) is 0 Å². The summed E-state index contributed by atoms with van der Waals surface area (Å²) < 4.78 is 0. The summed E-state index contributed by atoms with van der Waals surface area (Å²) in [5.74, 6) is -1.57. The largest absolute Gasteiger partial charge is 0.480 e. The first-order chi connectivity index (χ1) is 8.45. The molecule has 0 saturated carbocycles. The van der Waals surface area contributed by atoms with Crippen LogP contribution in [0.1, 0.15) is 26.2 Å². The maximum atomic E-state index is 11.8. The van der Waals surface area contributed by atoms with Crippen LogP contribution in [0.2, 0.25) is 0 Å². The highest BCUT2D eigenvalue weighted by Gasteiger charge is 2.27. The number of likely N-dealkylation sites (tertiary alicyclic amines) is 1. The van der Waals surface area contributed by atoms with Crippen molar-refractivity contribution in [3.05, 3.63) is 0 Å². The normalized spacial score (nSPS) is 18.2. The number of carbonyl (C=O) groups excluding carboxylic acids is 2. The Morgan fingerprint density at radius 2 is 1.94 bits per heavy atom. The highest BCUT2D eigenvalue weighted by molar-refractivity contribution is 5.83. The topological polar surface area (TPSA) is 113 Å². The molecule has 0 bridgehead atoms. The van der Waals surface area contributed by atoms with Crippen LogP contribution in [0.15, 0.2) is 0 Å². The number of primary amides is 1. The lowest BCUT2D eigenvalue weighted by molar-refractivity contribution is -0.139. The fourth-order valence-corrected chi connectivity index (χ4v) is 1.95. The fraction of sp³-hybridized carbons (Fsp3) is 0.727. The third kappa shape index (κ3) is 3.61. The van der Waals surface area contributed by atoms with E-state index in [9.17, 15) is 14.4 Å². The second-order valence-corrected chi connectivity index (χ2v) is 4.41. The molecule has 1 aliphatic heterocycles. The standard InChI is InChI=1S/C11H19N3O4/c1-2-8(10(16)17)13-11(18)14-5-3-7(4-6-14)9(12)15/h7-8H,2-6H2,1H3,(H2,12,15)(H,13,18)(H,16,17). The summed E-state index contributed by atoms with van der Waals surface area (Å²) in [6.45, 7) is 2.55. The summed E-state index contributed by atoms with van der Waals surface area (Å²) in [5.41, 5.74) is 5.19. The van der Waals surface area contributed by atoms with Crippen molar-refractivity contribution >= 4 is 17.9 Å². The molecule has 3 amide bonds. The van der Waals surface area contributed by atoms with E-state index >= 15 is 0 Å². The van der Waals surface area contributed by atoms with E-state index in [2.05, 4.69) is 5.32 Å². The summed E-state index contributed by atoms with van der Waals surface area (Å²) >= 11 is 0. The molecule has 7 nitrogen and oxygen atoms in total. The van der Waals surface area contributed by atoms with Crippen molar-refractivity contribution in [1.82, 2.24) is 10.2 Å². The molecule has 1 unspecified atom stereocenters. The van der Waals surface area contributed by atoms with Crippen LogP contribution in [0.25, 0.3) is 0 Å². The van der Waals surface area contributed by atoms with Crippen LogP contribution in [0.4, 0.5) is 4.79 Å². The van der Waals surface area contributed by atoms with Crippen LogP contribution >= 0.6 is 0 Å². The zero-order valence-corrected chi connectivity index (χ0v) is 10.4. The van der Waals surface area contributed by atoms with Gasteiger partial charge in [0.2, 0.25) is 5.91 Å². The molecule has 4 N–H and O–H groups in total. The maximum absolute atomic E-state index is 11.8. The predicted molar refractivity (Wildman–Crippen MR) is 63.7 cm³/mol. The number of nitrogens with zero attached hydrogens (tertiary/aromatic N) is 1. The summed E-state index contributed by atoms with van der Waals surface area (Å²) in [5, 5.41) is 11.3. The molecule has 0 aromatic carbocycles. The van der Waals surface area contributed by atoms with Crippen molar-refractivity contribution in [2.24, 2.45) is 11.7 Å². The van der Waals surface area contributed by atoms with Crippen molar-refractivity contribution in [3.8, 4) is 0 Å². The Morgan fingerprint density at radius 1 is 1.39 bits per heavy atom. The summed E-state index contributed by atoms with van der Waals surface area (Å²) in [6, 6.07) is -1.27. The molecule has 0 spiro atoms. The Morgan fingerprint density at radius 3 is 2.33 bits per heavy atom. The molecule has 0 aromatic rings. The van der Waals surface area contributed by atoms with Gasteiger partial charge in [-0.2, -0.15) is 0 Å². The molecule has 1 aliphatic rings. The minimum absolute atomic E-state index is 0.185. The number of hydrogen-bond donors (Lipinski definition) is 3. The molecule has 1 saturated heterocycles. The minimum atomic E-state index is -1.04. The van der Waals surface area contributed by atoms with Gasteiger partial charge in [0.1, 0.15) is 6.04 Å². The summed E-state index contributed by atoms with van der Waals surface area (Å²) in [6.07, 6.45) is 1.40. The number of amides is 3. The van der Waals surface area contributed by atoms with E-state index in [0.717, 1.165) is 0 Å². The molecule has 0 aromatic heterocycles. The molecule has 7 heteroatoms. The molecule has 1 fully saturated rings. The van der Waals surface area contributed by atoms with Crippen LogP contribution in [0, 0.1) is 5.92 Å². The van der Waals surface area contributed by atoms with E-state index < -0.39 is 18.0 Å². The number of carbonyl (C=O) groups is 3. The first-order valence-electron chi connectivity index (χ1n) is 6.03. The van der Waals surface area contributed by atoms with Crippen LogP contribution in [-0.2, 0) is 9.59 Å². The number of aliphatic carboxylic acids is 1. The SMILES string of the molecule is CCC(NC(=O)N1CCC(C(N)=O)CC1)C(=O)O. The van der Waals surface area contributed by atoms with Gasteiger partial charge in [-0.05, 0) is 19.3 Å². The number of nitrogens with two attached hydrogens (primary N) is 1. The van der Waals surface area contributed by atoms with Crippen LogP contribution in [-0.4, -0.2) is 47.0 Å². The van der Waals surface area contributed by atoms with Gasteiger partial charge in [-0.1, -0.05) is 6.92 Å². The molecule has 0 radical (unpaired) electrons. The zero-order chi connectivity index (χ0) is 13.7. The van der Waals surface area contributed by atoms with Gasteiger partial charge in [-0.15, -0.1) is 0 Å². The smallest absolute Gasteiger partial charge is 0.326 e. The minimum Gasteiger partial charge on any atom is -0.480 e. The maximum Gasteiger partial charge on any atom is 0.326 e. The molecule has 1 heterocycles. The van der Waals surface area contributed by atoms with Crippen molar-refractivity contribution < 1.29 is 19.5 Å². The Balaban J connectivity index is 2.45. The van der Waals surface area contributed by atoms with Crippen molar-refractivity contribution in [2.45, 2.75) is 32.2 Å². The van der Waals surface area contributed by atoms with E-state index in [1.165, 1.54) is 4.90 Å². The highest BCUT2D eigenvalue weighted by atomic mass is 16.4. The van der Waals surface area contributed by atoms with Crippen molar-refractivity contribution in [2.75, 3.05) is 13.1 Å². The lowest BCUT2D eigenvalue weighted by atomic mass is 9.96. The predicted octanol–water partition coefficient (Wildman–Crippen LogP) is -0.243. The molecule has 0 aliphatic carbocycles. The summed E-state index contributed by atoms with van der Waals surface area (Å²) in [7, 11) is 0. The number of urea groups is 1. The lowest BCUT2D eigenvalue weighted by Crippen LogP contribution is -2.50. The van der Waals surface area contributed by atoms with Crippen LogP contribution < -0.4 is 11.1 Å². The number of hydrogen-bond acceptors (Lipinski definition) is 3. The van der Waals surface area contributed by atoms with Gasteiger partial charge >= 0.3 is 12.0 Å². The first kappa shape index (κ1) is 14.3. The molecule has 1 atom stereocenters. The van der Waals surface area contributed by atoms with Gasteiger partial charge in [-0.25, -0.2) is 9.59 Å². The molecule has 102 valence electrons. The molecular formula is C11H19N3O4. The monoisotopic (exact) mass is 257 g/mol. The number of piperidine rings is 1. The Labute approximate surface area is 105 Å². The Bertz CT molecular complexity index is 337. The van der Waals surface area contributed by atoms with E-state index in [4.69, 9.17) is 10.8 Å². The van der Waals surface area contributed by atoms with Gasteiger partial charge in [0.05, 0.1) is 0 Å². The van der Waals surface area contributed by atoms with E-state index in [-0.39, 0.29) is 11.8 Å². The number of carboxylic acids is 1. The number of nitrogens with one attached hydrogen (secondary N) is 1. The van der Waals surface area contributed by atoms with Crippen LogP contribution in [0.5, 0.6) is 0 Å². The molecule has 18 heavy (non-hydrogen) atoms. The summed E-state index contributed by atoms with van der Waals surface area (Å²) in [4.78, 5) is 35.1. The van der Waals surface area contributed by atoms with Gasteiger partial charge in [0.25, 0.3) is 0 Å².